The first-order chi connectivity index (χ1) is 12.1. The van der Waals surface area contributed by atoms with Crippen LogP contribution in [0.1, 0.15) is 11.6 Å². The molecule has 9 heteroatoms. The van der Waals surface area contributed by atoms with Gasteiger partial charge in [-0.25, -0.2) is 4.98 Å². The molecular formula is C16H14N6O3. The van der Waals surface area contributed by atoms with Crippen LogP contribution in [0, 0.1) is 6.92 Å². The van der Waals surface area contributed by atoms with Crippen molar-refractivity contribution in [1.29, 1.82) is 0 Å². The van der Waals surface area contributed by atoms with E-state index in [0.29, 0.717) is 28.3 Å². The highest BCUT2D eigenvalue weighted by molar-refractivity contribution is 5.80. The fourth-order valence-corrected chi connectivity index (χ4v) is 2.59. The number of furan rings is 1. The molecule has 0 fully saturated rings. The zero-order valence-electron chi connectivity index (χ0n) is 13.3. The van der Waals surface area contributed by atoms with Crippen molar-refractivity contribution in [3.05, 3.63) is 58.8 Å². The van der Waals surface area contributed by atoms with E-state index in [0.717, 1.165) is 0 Å². The topological polar surface area (TPSA) is 107 Å². The SMILES string of the molecule is Cc1nc2ncc3c(=O)n(CC(=O)NCc4ccco4)ccc3n2n1. The van der Waals surface area contributed by atoms with Crippen molar-refractivity contribution < 1.29 is 9.21 Å². The van der Waals surface area contributed by atoms with E-state index in [9.17, 15) is 9.59 Å². The number of hydrogen-bond acceptors (Lipinski definition) is 6. The van der Waals surface area contributed by atoms with Crippen LogP contribution in [-0.2, 0) is 17.9 Å². The second-order valence-corrected chi connectivity index (χ2v) is 5.53. The Bertz CT molecular complexity index is 1130. The molecule has 1 N–H and O–H groups in total. The van der Waals surface area contributed by atoms with Gasteiger partial charge >= 0.3 is 0 Å². The van der Waals surface area contributed by atoms with E-state index in [-0.39, 0.29) is 24.6 Å². The Morgan fingerprint density at radius 3 is 3.04 bits per heavy atom. The third-order valence-electron chi connectivity index (χ3n) is 3.77. The van der Waals surface area contributed by atoms with Crippen molar-refractivity contribution in [3.63, 3.8) is 0 Å². The van der Waals surface area contributed by atoms with Crippen LogP contribution in [0.2, 0.25) is 0 Å². The fourth-order valence-electron chi connectivity index (χ4n) is 2.59. The zero-order chi connectivity index (χ0) is 17.4. The molecular weight excluding hydrogens is 324 g/mol. The number of amides is 1. The summed E-state index contributed by atoms with van der Waals surface area (Å²) >= 11 is 0. The summed E-state index contributed by atoms with van der Waals surface area (Å²) in [4.78, 5) is 33.0. The lowest BCUT2D eigenvalue weighted by Crippen LogP contribution is -2.31. The molecule has 0 aliphatic carbocycles. The van der Waals surface area contributed by atoms with E-state index in [4.69, 9.17) is 4.42 Å². The summed E-state index contributed by atoms with van der Waals surface area (Å²) in [5.74, 6) is 1.36. The molecule has 9 nitrogen and oxygen atoms in total. The van der Waals surface area contributed by atoms with Gasteiger partial charge < -0.3 is 14.3 Å². The minimum atomic E-state index is -0.312. The number of carbonyl (C=O) groups is 1. The Balaban J connectivity index is 1.62. The second-order valence-electron chi connectivity index (χ2n) is 5.53. The molecule has 0 bridgehead atoms. The molecule has 0 unspecified atom stereocenters. The highest BCUT2D eigenvalue weighted by atomic mass is 16.3. The predicted molar refractivity (Wildman–Crippen MR) is 87.8 cm³/mol. The van der Waals surface area contributed by atoms with Gasteiger partial charge in [-0.2, -0.15) is 9.50 Å². The van der Waals surface area contributed by atoms with E-state index >= 15 is 0 Å². The molecule has 126 valence electrons. The van der Waals surface area contributed by atoms with E-state index < -0.39 is 0 Å². The molecule has 0 radical (unpaired) electrons. The van der Waals surface area contributed by atoms with Gasteiger partial charge in [-0.05, 0) is 25.1 Å². The van der Waals surface area contributed by atoms with E-state index in [1.807, 2.05) is 0 Å². The molecule has 0 saturated heterocycles. The van der Waals surface area contributed by atoms with Crippen molar-refractivity contribution in [2.24, 2.45) is 0 Å². The number of aromatic nitrogens is 5. The van der Waals surface area contributed by atoms with Crippen LogP contribution in [0.4, 0.5) is 0 Å². The van der Waals surface area contributed by atoms with Crippen LogP contribution >= 0.6 is 0 Å². The maximum Gasteiger partial charge on any atom is 0.262 e. The lowest BCUT2D eigenvalue weighted by atomic mass is 10.3. The fraction of sp³-hybridized carbons (Fsp3) is 0.188. The molecule has 4 rings (SSSR count). The van der Waals surface area contributed by atoms with Crippen molar-refractivity contribution in [1.82, 2.24) is 29.5 Å². The second kappa shape index (κ2) is 5.86. The van der Waals surface area contributed by atoms with Gasteiger partial charge in [0.05, 0.1) is 23.7 Å². The lowest BCUT2D eigenvalue weighted by Gasteiger charge is -2.08. The van der Waals surface area contributed by atoms with Crippen molar-refractivity contribution in [2.45, 2.75) is 20.0 Å². The van der Waals surface area contributed by atoms with E-state index in [1.165, 1.54) is 21.5 Å². The third-order valence-corrected chi connectivity index (χ3v) is 3.77. The van der Waals surface area contributed by atoms with Gasteiger partial charge in [-0.3, -0.25) is 9.59 Å². The first kappa shape index (κ1) is 15.1. The zero-order valence-corrected chi connectivity index (χ0v) is 13.3. The highest BCUT2D eigenvalue weighted by Crippen LogP contribution is 2.10. The number of aryl methyl sites for hydroxylation is 1. The van der Waals surface area contributed by atoms with Gasteiger partial charge in [0.25, 0.3) is 11.3 Å². The average molecular weight is 338 g/mol. The van der Waals surface area contributed by atoms with Crippen LogP contribution < -0.4 is 10.9 Å². The minimum absolute atomic E-state index is 0.0933. The molecule has 25 heavy (non-hydrogen) atoms. The van der Waals surface area contributed by atoms with Gasteiger partial charge in [-0.1, -0.05) is 0 Å². The van der Waals surface area contributed by atoms with E-state index in [1.54, 1.807) is 31.3 Å². The highest BCUT2D eigenvalue weighted by Gasteiger charge is 2.11. The summed E-state index contributed by atoms with van der Waals surface area (Å²) in [5.41, 5.74) is 0.288. The van der Waals surface area contributed by atoms with Gasteiger partial charge in [0.15, 0.2) is 0 Å². The van der Waals surface area contributed by atoms with Gasteiger partial charge in [0.2, 0.25) is 5.91 Å². The monoisotopic (exact) mass is 338 g/mol. The standard InChI is InChI=1S/C16H14N6O3/c1-10-19-16-18-8-12-13(22(16)20-10)4-5-21(15(12)24)9-14(23)17-7-11-3-2-6-25-11/h2-6,8H,7,9H2,1H3,(H,17,23). The summed E-state index contributed by atoms with van der Waals surface area (Å²) in [6.07, 6.45) is 4.56. The average Bonchev–Trinajstić information content (AvgIpc) is 3.23. The number of nitrogens with one attached hydrogen (secondary N) is 1. The van der Waals surface area contributed by atoms with Gasteiger partial charge in [-0.15, -0.1) is 5.10 Å². The molecule has 0 spiro atoms. The molecule has 0 atom stereocenters. The minimum Gasteiger partial charge on any atom is -0.467 e. The summed E-state index contributed by atoms with van der Waals surface area (Å²) in [6, 6.07) is 5.23. The number of hydrogen-bond donors (Lipinski definition) is 1. The summed E-state index contributed by atoms with van der Waals surface area (Å²) in [5, 5.41) is 7.32. The smallest absolute Gasteiger partial charge is 0.262 e. The number of carbonyl (C=O) groups excluding carboxylic acids is 1. The van der Waals surface area contributed by atoms with Crippen LogP contribution in [-0.4, -0.2) is 30.1 Å². The Kier molecular flexibility index (Phi) is 3.53. The van der Waals surface area contributed by atoms with Crippen LogP contribution in [0.25, 0.3) is 16.7 Å². The molecule has 0 aliphatic rings. The first-order valence-electron chi connectivity index (χ1n) is 7.62. The van der Waals surface area contributed by atoms with Crippen LogP contribution in [0.5, 0.6) is 0 Å². The van der Waals surface area contributed by atoms with E-state index in [2.05, 4.69) is 20.4 Å². The summed E-state index contributed by atoms with van der Waals surface area (Å²) < 4.78 is 8.00. The van der Waals surface area contributed by atoms with Gasteiger partial charge in [0, 0.05) is 12.4 Å². The summed E-state index contributed by atoms with van der Waals surface area (Å²) in [7, 11) is 0. The molecule has 1 amide bonds. The molecule has 4 aromatic rings. The normalized spacial score (nSPS) is 11.2. The number of nitrogens with zero attached hydrogens (tertiary/aromatic N) is 5. The number of rotatable bonds is 4. The quantitative estimate of drug-likeness (QED) is 0.586. The molecule has 4 heterocycles. The van der Waals surface area contributed by atoms with Crippen LogP contribution in [0.15, 0.2) is 46.1 Å². The Morgan fingerprint density at radius 2 is 2.24 bits per heavy atom. The van der Waals surface area contributed by atoms with Crippen molar-refractivity contribution in [2.75, 3.05) is 0 Å². The molecule has 0 saturated carbocycles. The Hall–Kier alpha value is -3.49. The maximum atomic E-state index is 12.6. The first-order valence-corrected chi connectivity index (χ1v) is 7.62. The maximum absolute atomic E-state index is 12.6. The number of fused-ring (bicyclic) bond motifs is 3. The predicted octanol–water partition coefficient (Wildman–Crippen LogP) is 0.657. The molecule has 0 aliphatic heterocycles. The summed E-state index contributed by atoms with van der Waals surface area (Å²) in [6.45, 7) is 1.93. The number of pyridine rings is 1. The largest absolute Gasteiger partial charge is 0.467 e. The Labute approximate surface area is 140 Å². The molecule has 4 aromatic heterocycles. The van der Waals surface area contributed by atoms with Crippen LogP contribution in [0.3, 0.4) is 0 Å². The van der Waals surface area contributed by atoms with Crippen molar-refractivity contribution >= 4 is 22.6 Å². The Morgan fingerprint density at radius 1 is 1.36 bits per heavy atom. The lowest BCUT2D eigenvalue weighted by molar-refractivity contribution is -0.121. The van der Waals surface area contributed by atoms with Gasteiger partial charge in [0.1, 0.15) is 18.1 Å². The van der Waals surface area contributed by atoms with Crippen molar-refractivity contribution in [3.8, 4) is 0 Å². The third kappa shape index (κ3) is 2.75. The molecule has 0 aromatic carbocycles.